The minimum absolute atomic E-state index is 0.0213. The van der Waals surface area contributed by atoms with Gasteiger partial charge in [-0.05, 0) is 0 Å². The molecule has 0 radical (unpaired) electrons. The third-order valence-electron chi connectivity index (χ3n) is 8.77. The summed E-state index contributed by atoms with van der Waals surface area (Å²) in [6.07, 6.45) is 10.0. The van der Waals surface area contributed by atoms with Crippen molar-refractivity contribution in [3.63, 3.8) is 0 Å². The van der Waals surface area contributed by atoms with Crippen molar-refractivity contribution in [3.05, 3.63) is 115 Å². The summed E-state index contributed by atoms with van der Waals surface area (Å²) in [5, 5.41) is 0. The van der Waals surface area contributed by atoms with Gasteiger partial charge in [0.25, 0.3) is 0 Å². The topological polar surface area (TPSA) is 52.6 Å². The van der Waals surface area contributed by atoms with Crippen LogP contribution in [0.15, 0.2) is 115 Å². The molecule has 0 heterocycles. The van der Waals surface area contributed by atoms with Gasteiger partial charge in [-0.3, -0.25) is 0 Å². The quantitative estimate of drug-likeness (QED) is 0.0852. The van der Waals surface area contributed by atoms with Crippen LogP contribution in [0.25, 0.3) is 0 Å². The molecule has 4 nitrogen and oxygen atoms in total. The van der Waals surface area contributed by atoms with Crippen LogP contribution in [0.1, 0.15) is 26.7 Å². The van der Waals surface area contributed by atoms with E-state index >= 15 is 0 Å². The molecule has 6 heteroatoms. The Morgan fingerprint density at radius 3 is 1.45 bits per heavy atom. The van der Waals surface area contributed by atoms with E-state index in [2.05, 4.69) is 135 Å². The summed E-state index contributed by atoms with van der Waals surface area (Å²) in [5.41, 5.74) is -1.28. The molecule has 4 rings (SSSR count). The molecule has 1 saturated carbocycles. The standard InChI is InChI=1S/C20H33O4Si.3C6H5.Sn/c1-7-11-16-14-20(18(21)23-8-2,19(22)24-9-3)15-17(16)12-10-13-25(4,5)6;3*1-2-4-6-5-3-1;/h7,10-12,16-17H,1,8-9,13-15H2,2-6H3;3*1-5H;/b11-7-,12-10-;;;;/t16-,17-;;;;/m1..../s1. The van der Waals surface area contributed by atoms with Crippen LogP contribution in [0.2, 0.25) is 30.1 Å². The summed E-state index contributed by atoms with van der Waals surface area (Å²) < 4.78 is 16.2. The van der Waals surface area contributed by atoms with Crippen LogP contribution < -0.4 is 10.7 Å². The van der Waals surface area contributed by atoms with Gasteiger partial charge in [-0.2, -0.15) is 0 Å². The van der Waals surface area contributed by atoms with Crippen LogP contribution in [0.5, 0.6) is 0 Å². The molecule has 1 aliphatic rings. The van der Waals surface area contributed by atoms with Crippen molar-refractivity contribution in [1.29, 1.82) is 0 Å². The van der Waals surface area contributed by atoms with Crippen LogP contribution in [0.3, 0.4) is 0 Å². The number of benzene rings is 3. The summed E-state index contributed by atoms with van der Waals surface area (Å²) in [6.45, 7) is 11.1. The number of allylic oxidation sites excluding steroid dienone is 4. The zero-order chi connectivity index (χ0) is 31.6. The van der Waals surface area contributed by atoms with Gasteiger partial charge in [0.05, 0.1) is 0 Å². The van der Waals surface area contributed by atoms with Crippen LogP contribution in [0.4, 0.5) is 0 Å². The van der Waals surface area contributed by atoms with Gasteiger partial charge in [0.2, 0.25) is 0 Å². The van der Waals surface area contributed by atoms with Gasteiger partial charge < -0.3 is 0 Å². The Balaban J connectivity index is 1.77. The van der Waals surface area contributed by atoms with Crippen molar-refractivity contribution in [3.8, 4) is 0 Å². The molecule has 0 bridgehead atoms. The fourth-order valence-corrected chi connectivity index (χ4v) is 20.2. The third kappa shape index (κ3) is 7.84. The molecule has 3 aromatic rings. The molecule has 0 aromatic heterocycles. The number of carbonyl (C=O) groups excluding carboxylic acids is 2. The first-order valence-electron chi connectivity index (χ1n) is 16.0. The summed E-state index contributed by atoms with van der Waals surface area (Å²) in [5.74, 6) is -0.840. The van der Waals surface area contributed by atoms with Gasteiger partial charge in [0.1, 0.15) is 0 Å². The minimum atomic E-state index is -3.50. The first kappa shape index (κ1) is 34.0. The van der Waals surface area contributed by atoms with Crippen molar-refractivity contribution >= 4 is 49.1 Å². The molecule has 0 N–H and O–H groups in total. The van der Waals surface area contributed by atoms with E-state index in [1.54, 1.807) is 13.8 Å². The van der Waals surface area contributed by atoms with Gasteiger partial charge in [0, 0.05) is 0 Å². The molecule has 44 heavy (non-hydrogen) atoms. The zero-order valence-corrected chi connectivity index (χ0v) is 30.9. The first-order valence-corrected chi connectivity index (χ1v) is 26.0. The monoisotopic (exact) mass is 716 g/mol. The molecule has 0 amide bonds. The van der Waals surface area contributed by atoms with E-state index in [0.717, 1.165) is 10.5 Å². The number of carbonyl (C=O) groups is 2. The van der Waals surface area contributed by atoms with E-state index < -0.39 is 43.8 Å². The van der Waals surface area contributed by atoms with Gasteiger partial charge in [-0.25, -0.2) is 0 Å². The van der Waals surface area contributed by atoms with Gasteiger partial charge in [-0.1, -0.05) is 0 Å². The maximum atomic E-state index is 13.4. The molecule has 3 aromatic carbocycles. The van der Waals surface area contributed by atoms with Crippen molar-refractivity contribution < 1.29 is 19.1 Å². The number of ether oxygens (including phenoxy) is 2. The normalized spacial score (nSPS) is 18.5. The van der Waals surface area contributed by atoms with Crippen LogP contribution in [-0.4, -0.2) is 51.6 Å². The number of rotatable bonds is 13. The molecule has 0 aliphatic heterocycles. The van der Waals surface area contributed by atoms with E-state index in [9.17, 15) is 9.59 Å². The zero-order valence-electron chi connectivity index (χ0n) is 27.0. The molecular weight excluding hydrogens is 667 g/mol. The molecule has 0 unspecified atom stereocenters. The van der Waals surface area contributed by atoms with Gasteiger partial charge >= 0.3 is 271 Å². The molecule has 1 fully saturated rings. The van der Waals surface area contributed by atoms with Crippen LogP contribution >= 0.6 is 0 Å². The van der Waals surface area contributed by atoms with Gasteiger partial charge in [0.15, 0.2) is 0 Å². The Kier molecular flexibility index (Phi) is 11.9. The van der Waals surface area contributed by atoms with Crippen LogP contribution in [-0.2, 0) is 19.1 Å². The average Bonchev–Trinajstić information content (AvgIpc) is 3.40. The fourth-order valence-electron chi connectivity index (χ4n) is 6.61. The fraction of sp³-hybridized carbons (Fsp3) is 0.368. The van der Waals surface area contributed by atoms with E-state index in [0.29, 0.717) is 12.8 Å². The Labute approximate surface area is 269 Å². The van der Waals surface area contributed by atoms with Crippen molar-refractivity contribution in [2.45, 2.75) is 56.8 Å². The Bertz CT molecular complexity index is 1300. The van der Waals surface area contributed by atoms with Crippen LogP contribution in [0, 0.1) is 17.3 Å². The second-order valence-corrected chi connectivity index (χ2v) is 29.9. The molecule has 0 spiro atoms. The van der Waals surface area contributed by atoms with E-state index in [-0.39, 0.29) is 25.0 Å². The summed E-state index contributed by atoms with van der Waals surface area (Å²) >= 11 is -3.50. The van der Waals surface area contributed by atoms with Gasteiger partial charge in [-0.15, -0.1) is 0 Å². The molecular formula is C38H48O4SiSn. The molecule has 1 aliphatic carbocycles. The SMILES string of the molecule is CCOC(=O)C1(C(=O)OCC)C[C@@H](/C=C\C[Si](C)(C)C)[C@H](/C=C\[CH2][Sn]([c]2ccccc2)([c]2ccccc2)[c]2ccccc2)C1. The second kappa shape index (κ2) is 15.4. The Morgan fingerprint density at radius 2 is 1.09 bits per heavy atom. The first-order chi connectivity index (χ1) is 21.2. The Morgan fingerprint density at radius 1 is 0.705 bits per heavy atom. The molecule has 2 atom stereocenters. The predicted octanol–water partition coefficient (Wildman–Crippen LogP) is 6.75. The summed E-state index contributed by atoms with van der Waals surface area (Å²) in [7, 11) is -1.30. The number of esters is 2. The Hall–Kier alpha value is -2.90. The predicted molar refractivity (Wildman–Crippen MR) is 187 cm³/mol. The number of hydrogen-bond acceptors (Lipinski definition) is 4. The summed E-state index contributed by atoms with van der Waals surface area (Å²) in [6, 6.07) is 34.0. The number of hydrogen-bond donors (Lipinski definition) is 0. The van der Waals surface area contributed by atoms with Crippen molar-refractivity contribution in [2.75, 3.05) is 13.2 Å². The molecule has 0 saturated heterocycles. The second-order valence-electron chi connectivity index (χ2n) is 13.1. The average molecular weight is 716 g/mol. The van der Waals surface area contributed by atoms with E-state index in [1.165, 1.54) is 10.7 Å². The molecule has 232 valence electrons. The van der Waals surface area contributed by atoms with Crippen molar-refractivity contribution in [1.82, 2.24) is 0 Å². The summed E-state index contributed by atoms with van der Waals surface area (Å²) in [4.78, 5) is 26.9. The van der Waals surface area contributed by atoms with Crippen molar-refractivity contribution in [2.24, 2.45) is 17.3 Å². The maximum absolute atomic E-state index is 13.4. The third-order valence-corrected chi connectivity index (χ3v) is 23.9. The van der Waals surface area contributed by atoms with E-state index in [1.807, 2.05) is 0 Å². The van der Waals surface area contributed by atoms with E-state index in [4.69, 9.17) is 9.47 Å².